The molecule has 1 unspecified atom stereocenters. The third kappa shape index (κ3) is 4.80. The van der Waals surface area contributed by atoms with E-state index >= 15 is 0 Å². The lowest BCUT2D eigenvalue weighted by Gasteiger charge is -2.29. The Morgan fingerprint density at radius 3 is 2.55 bits per heavy atom. The lowest BCUT2D eigenvalue weighted by atomic mass is 10.0. The molecule has 0 radical (unpaired) electrons. The highest BCUT2D eigenvalue weighted by atomic mass is 32.2. The van der Waals surface area contributed by atoms with Gasteiger partial charge in [-0.15, -0.1) is 0 Å². The van der Waals surface area contributed by atoms with Crippen LogP contribution in [0, 0.1) is 6.92 Å². The zero-order chi connectivity index (χ0) is 28.6. The molecule has 2 aromatic heterocycles. The Morgan fingerprint density at radius 2 is 1.85 bits per heavy atom. The number of aliphatic hydroxyl groups excluding tert-OH is 1. The fourth-order valence-corrected chi connectivity index (χ4v) is 6.09. The number of hydrogen-bond acceptors (Lipinski definition) is 8. The van der Waals surface area contributed by atoms with Crippen LogP contribution in [0.4, 0.5) is 0 Å². The molecule has 0 aliphatic carbocycles. The number of pyridine rings is 1. The zero-order valence-corrected chi connectivity index (χ0v) is 22.8. The summed E-state index contributed by atoms with van der Waals surface area (Å²) in [6.45, 7) is 1.48. The van der Waals surface area contributed by atoms with E-state index in [-0.39, 0.29) is 42.4 Å². The van der Waals surface area contributed by atoms with Gasteiger partial charge in [0.15, 0.2) is 15.9 Å². The van der Waals surface area contributed by atoms with Crippen LogP contribution in [0.5, 0.6) is 0 Å². The van der Waals surface area contributed by atoms with E-state index < -0.39 is 39.5 Å². The van der Waals surface area contributed by atoms with Crippen molar-refractivity contribution in [2.24, 2.45) is 0 Å². The van der Waals surface area contributed by atoms with E-state index in [9.17, 15) is 27.9 Å². The van der Waals surface area contributed by atoms with E-state index in [4.69, 9.17) is 4.74 Å². The van der Waals surface area contributed by atoms with Gasteiger partial charge in [0.1, 0.15) is 18.1 Å². The number of para-hydroxylation sites is 1. The molecule has 2 aromatic carbocycles. The molecule has 40 heavy (non-hydrogen) atoms. The Hall–Kier alpha value is -4.29. The Morgan fingerprint density at radius 1 is 1.12 bits per heavy atom. The van der Waals surface area contributed by atoms with Gasteiger partial charge in [-0.3, -0.25) is 9.59 Å². The van der Waals surface area contributed by atoms with E-state index in [1.165, 1.54) is 24.1 Å². The van der Waals surface area contributed by atoms with Crippen molar-refractivity contribution >= 4 is 49.4 Å². The van der Waals surface area contributed by atoms with Gasteiger partial charge in [0, 0.05) is 29.4 Å². The van der Waals surface area contributed by atoms with Crippen LogP contribution in [0.15, 0.2) is 59.5 Å². The summed E-state index contributed by atoms with van der Waals surface area (Å²) < 4.78 is 32.6. The van der Waals surface area contributed by atoms with Crippen LogP contribution in [-0.4, -0.2) is 71.9 Å². The molecule has 12 heteroatoms. The van der Waals surface area contributed by atoms with E-state index in [1.807, 2.05) is 31.2 Å². The average molecular weight is 565 g/mol. The maximum atomic E-state index is 13.8. The number of aliphatic hydroxyl groups is 1. The van der Waals surface area contributed by atoms with Gasteiger partial charge in [0.05, 0.1) is 23.2 Å². The van der Waals surface area contributed by atoms with Crippen molar-refractivity contribution in [3.63, 3.8) is 0 Å². The van der Waals surface area contributed by atoms with E-state index in [2.05, 4.69) is 10.3 Å². The van der Waals surface area contributed by atoms with Crippen LogP contribution in [0.1, 0.15) is 34.2 Å². The lowest BCUT2D eigenvalue weighted by Crippen LogP contribution is -2.45. The summed E-state index contributed by atoms with van der Waals surface area (Å²) in [5.41, 5.74) is 2.13. The quantitative estimate of drug-likeness (QED) is 0.309. The number of nitrogens with zero attached hydrogens (tertiary/aromatic N) is 3. The molecule has 0 spiro atoms. The Bertz CT molecular complexity index is 1750. The first kappa shape index (κ1) is 27.3. The molecule has 0 fully saturated rings. The number of hydrogen-bond donors (Lipinski definition) is 2. The average Bonchev–Trinajstić information content (AvgIpc) is 3.19. The van der Waals surface area contributed by atoms with Gasteiger partial charge < -0.3 is 24.6 Å². The summed E-state index contributed by atoms with van der Waals surface area (Å²) in [7, 11) is -2.69. The van der Waals surface area contributed by atoms with Crippen molar-refractivity contribution in [3.8, 4) is 0 Å². The zero-order valence-electron chi connectivity index (χ0n) is 22.0. The van der Waals surface area contributed by atoms with Crippen LogP contribution in [-0.2, 0) is 30.7 Å². The standard InChI is InChI=1S/C28H28N4O7S/c1-17-8-10-18(11-9-17)40(37,38)16-29-27(35)26-24-25-20(14-21(30-24)28(36)39-2)19-6-3-4-7-22(19)32(25)15-23(34)31(26)12-5-13-33/h3-4,6-11,14,26,33H,5,12-13,15-16H2,1-2H3,(H,29,35). The van der Waals surface area contributed by atoms with Gasteiger partial charge in [-0.2, -0.15) is 0 Å². The van der Waals surface area contributed by atoms with E-state index in [0.29, 0.717) is 16.4 Å². The van der Waals surface area contributed by atoms with Crippen molar-refractivity contribution in [1.29, 1.82) is 0 Å². The van der Waals surface area contributed by atoms with Gasteiger partial charge in [0.2, 0.25) is 11.8 Å². The summed E-state index contributed by atoms with van der Waals surface area (Å²) in [5.74, 6) is -2.64. The Labute approximate surface area is 230 Å². The fourth-order valence-electron chi connectivity index (χ4n) is 5.04. The number of fused-ring (bicyclic) bond motifs is 3. The Balaban J connectivity index is 1.66. The van der Waals surface area contributed by atoms with Gasteiger partial charge >= 0.3 is 5.97 Å². The van der Waals surface area contributed by atoms with Gasteiger partial charge in [0.25, 0.3) is 0 Å². The highest BCUT2D eigenvalue weighted by Crippen LogP contribution is 2.38. The first-order valence-electron chi connectivity index (χ1n) is 12.6. The van der Waals surface area contributed by atoms with Crippen LogP contribution >= 0.6 is 0 Å². The number of aryl methyl sites for hydroxylation is 1. The number of rotatable bonds is 8. The topological polar surface area (TPSA) is 148 Å². The fraction of sp³-hybridized carbons (Fsp3) is 0.286. The minimum absolute atomic E-state index is 0.00647. The van der Waals surface area contributed by atoms with E-state index in [0.717, 1.165) is 10.9 Å². The predicted molar refractivity (Wildman–Crippen MR) is 146 cm³/mol. The van der Waals surface area contributed by atoms with Crippen molar-refractivity contribution in [3.05, 3.63) is 71.5 Å². The van der Waals surface area contributed by atoms with Crippen LogP contribution in [0.2, 0.25) is 0 Å². The molecule has 0 bridgehead atoms. The number of benzene rings is 2. The molecule has 11 nitrogen and oxygen atoms in total. The molecular formula is C28H28N4O7S. The maximum Gasteiger partial charge on any atom is 0.356 e. The highest BCUT2D eigenvalue weighted by molar-refractivity contribution is 7.91. The molecule has 2 amide bonds. The smallest absolute Gasteiger partial charge is 0.356 e. The molecule has 4 aromatic rings. The number of esters is 1. The molecule has 2 N–H and O–H groups in total. The van der Waals surface area contributed by atoms with Gasteiger partial charge in [-0.05, 0) is 37.6 Å². The number of carbonyl (C=O) groups is 3. The molecule has 1 aliphatic rings. The third-order valence-electron chi connectivity index (χ3n) is 6.98. The minimum Gasteiger partial charge on any atom is -0.464 e. The van der Waals surface area contributed by atoms with Crippen molar-refractivity contribution in [2.75, 3.05) is 26.1 Å². The number of sulfone groups is 1. The van der Waals surface area contributed by atoms with Crippen LogP contribution in [0.3, 0.4) is 0 Å². The second-order valence-electron chi connectivity index (χ2n) is 9.56. The summed E-state index contributed by atoms with van der Waals surface area (Å²) in [6.07, 6.45) is 0.173. The third-order valence-corrected chi connectivity index (χ3v) is 8.49. The van der Waals surface area contributed by atoms with Crippen LogP contribution in [0.25, 0.3) is 21.8 Å². The van der Waals surface area contributed by atoms with Gasteiger partial charge in [-0.1, -0.05) is 35.9 Å². The Kier molecular flexibility index (Phi) is 7.30. The van der Waals surface area contributed by atoms with E-state index in [1.54, 1.807) is 22.8 Å². The summed E-state index contributed by atoms with van der Waals surface area (Å²) in [6, 6.07) is 13.8. The number of carbonyl (C=O) groups excluding carboxylic acids is 3. The van der Waals surface area contributed by atoms with Crippen LogP contribution < -0.4 is 5.32 Å². The second-order valence-corrected chi connectivity index (χ2v) is 11.6. The molecule has 5 rings (SSSR count). The normalized spacial score (nSPS) is 15.3. The second kappa shape index (κ2) is 10.7. The monoisotopic (exact) mass is 564 g/mol. The number of ether oxygens (including phenoxy) is 1. The van der Waals surface area contributed by atoms with Crippen molar-refractivity contribution in [1.82, 2.24) is 19.8 Å². The minimum atomic E-state index is -3.90. The molecule has 0 saturated carbocycles. The largest absolute Gasteiger partial charge is 0.464 e. The molecule has 1 atom stereocenters. The summed E-state index contributed by atoms with van der Waals surface area (Å²) in [5, 5.41) is 13.3. The first-order chi connectivity index (χ1) is 19.2. The lowest BCUT2D eigenvalue weighted by molar-refractivity contribution is -0.141. The number of amides is 2. The SMILES string of the molecule is COC(=O)c1cc2c3ccccc3n3c2c(n1)C(C(=O)NCS(=O)(=O)c1ccc(C)cc1)N(CCCO)C(=O)C3. The molecule has 0 saturated heterocycles. The molecule has 3 heterocycles. The molecule has 1 aliphatic heterocycles. The summed E-state index contributed by atoms with van der Waals surface area (Å²) in [4.78, 5) is 45.9. The number of aromatic nitrogens is 2. The maximum absolute atomic E-state index is 13.8. The van der Waals surface area contributed by atoms with Crippen molar-refractivity contribution < 1.29 is 32.6 Å². The van der Waals surface area contributed by atoms with Gasteiger partial charge in [-0.25, -0.2) is 18.2 Å². The first-order valence-corrected chi connectivity index (χ1v) is 14.3. The van der Waals surface area contributed by atoms with Crippen molar-refractivity contribution in [2.45, 2.75) is 30.8 Å². The predicted octanol–water partition coefficient (Wildman–Crippen LogP) is 2.10. The highest BCUT2D eigenvalue weighted by Gasteiger charge is 2.39. The summed E-state index contributed by atoms with van der Waals surface area (Å²) >= 11 is 0. The molecule has 208 valence electrons. The number of methoxy groups -OCH3 is 1. The molecular weight excluding hydrogens is 536 g/mol. The number of nitrogens with one attached hydrogen (secondary N) is 1.